The normalized spacial score (nSPS) is 11.2. The zero-order chi connectivity index (χ0) is 18.8. The Hall–Kier alpha value is -2.39. The topological polar surface area (TPSA) is 104 Å². The maximum Gasteiger partial charge on any atom is 0.345 e. The van der Waals surface area contributed by atoms with Crippen molar-refractivity contribution < 1.29 is 10.0 Å². The number of unbranched alkanes of at least 4 members (excludes halogenated alkanes) is 3. The van der Waals surface area contributed by atoms with Crippen molar-refractivity contribution in [3.05, 3.63) is 40.6 Å². The molecule has 0 radical (unpaired) electrons. The Balaban J connectivity index is 1.91. The van der Waals surface area contributed by atoms with Gasteiger partial charge >= 0.3 is 5.00 Å². The Morgan fingerprint density at radius 2 is 1.92 bits per heavy atom. The predicted molar refractivity (Wildman–Crippen MR) is 103 cm³/mol. The molecule has 0 unspecified atom stereocenters. The standard InChI is InChI=1S/C17H23N5O3S/c1-2-21(11-5-3-4-6-12-23)15-9-7-14(8-10-15)19-20-17-18-13-16(26-17)22(24)25/h7-10,13,23H,2-6,11-12H2,1H3. The molecule has 8 nitrogen and oxygen atoms in total. The van der Waals surface area contributed by atoms with Gasteiger partial charge in [0, 0.05) is 25.4 Å². The maximum atomic E-state index is 10.6. The van der Waals surface area contributed by atoms with Gasteiger partial charge in [0.2, 0.25) is 5.13 Å². The summed E-state index contributed by atoms with van der Waals surface area (Å²) in [6.07, 6.45) is 5.32. The molecule has 0 aliphatic heterocycles. The van der Waals surface area contributed by atoms with E-state index in [2.05, 4.69) is 27.0 Å². The monoisotopic (exact) mass is 377 g/mol. The fourth-order valence-corrected chi connectivity index (χ4v) is 3.01. The minimum atomic E-state index is -0.491. The number of anilines is 1. The van der Waals surface area contributed by atoms with Crippen LogP contribution in [0, 0.1) is 10.1 Å². The Morgan fingerprint density at radius 3 is 2.54 bits per heavy atom. The molecule has 1 heterocycles. The molecule has 1 aromatic heterocycles. The van der Waals surface area contributed by atoms with E-state index in [0.717, 1.165) is 55.8 Å². The molecule has 0 aliphatic carbocycles. The fraction of sp³-hybridized carbons (Fsp3) is 0.471. The lowest BCUT2D eigenvalue weighted by molar-refractivity contribution is -0.380. The van der Waals surface area contributed by atoms with Gasteiger partial charge in [0.15, 0.2) is 0 Å². The first-order valence-electron chi connectivity index (χ1n) is 8.62. The second-order valence-electron chi connectivity index (χ2n) is 5.67. The highest BCUT2D eigenvalue weighted by molar-refractivity contribution is 7.18. The summed E-state index contributed by atoms with van der Waals surface area (Å²) in [5.74, 6) is 0. The van der Waals surface area contributed by atoms with Gasteiger partial charge in [-0.1, -0.05) is 12.8 Å². The smallest absolute Gasteiger partial charge is 0.345 e. The van der Waals surface area contributed by atoms with Crippen LogP contribution in [0.1, 0.15) is 32.6 Å². The molecule has 0 aliphatic rings. The molecule has 0 saturated carbocycles. The van der Waals surface area contributed by atoms with Crippen LogP contribution in [0.4, 0.5) is 21.5 Å². The summed E-state index contributed by atoms with van der Waals surface area (Å²) in [5.41, 5.74) is 1.80. The predicted octanol–water partition coefficient (Wildman–Crippen LogP) is 4.85. The van der Waals surface area contributed by atoms with E-state index in [9.17, 15) is 10.1 Å². The summed E-state index contributed by atoms with van der Waals surface area (Å²) in [6.45, 7) is 4.29. The third kappa shape index (κ3) is 6.16. The number of nitrogens with zero attached hydrogens (tertiary/aromatic N) is 5. The Kier molecular flexibility index (Phi) is 8.10. The number of thiazole rings is 1. The molecular formula is C17H23N5O3S. The summed E-state index contributed by atoms with van der Waals surface area (Å²) in [7, 11) is 0. The number of rotatable bonds is 11. The van der Waals surface area contributed by atoms with Crippen LogP contribution in [0.5, 0.6) is 0 Å². The van der Waals surface area contributed by atoms with Gasteiger partial charge in [-0.15, -0.1) is 10.2 Å². The SMILES string of the molecule is CCN(CCCCCCO)c1ccc(N=Nc2ncc([N+](=O)[O-])s2)cc1. The van der Waals surface area contributed by atoms with Gasteiger partial charge < -0.3 is 10.0 Å². The molecular weight excluding hydrogens is 354 g/mol. The second kappa shape index (κ2) is 10.6. The highest BCUT2D eigenvalue weighted by Crippen LogP contribution is 2.29. The summed E-state index contributed by atoms with van der Waals surface area (Å²) in [5, 5.41) is 27.7. The van der Waals surface area contributed by atoms with Gasteiger partial charge in [0.25, 0.3) is 0 Å². The van der Waals surface area contributed by atoms with Crippen LogP contribution in [0.25, 0.3) is 0 Å². The first kappa shape index (κ1) is 19.9. The number of aliphatic hydroxyl groups is 1. The zero-order valence-corrected chi connectivity index (χ0v) is 15.6. The molecule has 1 N–H and O–H groups in total. The molecule has 2 rings (SSSR count). The molecule has 0 fully saturated rings. The van der Waals surface area contributed by atoms with Crippen LogP contribution in [0.3, 0.4) is 0 Å². The van der Waals surface area contributed by atoms with Crippen LogP contribution in [-0.2, 0) is 0 Å². The zero-order valence-electron chi connectivity index (χ0n) is 14.7. The lowest BCUT2D eigenvalue weighted by Crippen LogP contribution is -2.23. The van der Waals surface area contributed by atoms with Crippen LogP contribution in [-0.4, -0.2) is 34.7 Å². The van der Waals surface area contributed by atoms with Crippen LogP contribution in [0.15, 0.2) is 40.7 Å². The van der Waals surface area contributed by atoms with Gasteiger partial charge in [-0.25, -0.2) is 4.98 Å². The van der Waals surface area contributed by atoms with E-state index < -0.39 is 4.92 Å². The molecule has 0 spiro atoms. The molecule has 0 amide bonds. The number of aliphatic hydroxyl groups excluding tert-OH is 1. The van der Waals surface area contributed by atoms with Crippen LogP contribution >= 0.6 is 11.3 Å². The van der Waals surface area contributed by atoms with Crippen molar-refractivity contribution in [2.24, 2.45) is 10.2 Å². The molecule has 0 saturated heterocycles. The van der Waals surface area contributed by atoms with Gasteiger partial charge in [-0.05, 0) is 55.4 Å². The second-order valence-corrected chi connectivity index (χ2v) is 6.66. The Labute approximate surface area is 156 Å². The number of aromatic nitrogens is 1. The fourth-order valence-electron chi connectivity index (χ4n) is 2.46. The van der Waals surface area contributed by atoms with Crippen molar-refractivity contribution >= 4 is 32.8 Å². The summed E-state index contributed by atoms with van der Waals surface area (Å²) >= 11 is 0.892. The first-order valence-corrected chi connectivity index (χ1v) is 9.43. The van der Waals surface area contributed by atoms with Crippen LogP contribution < -0.4 is 4.90 Å². The van der Waals surface area contributed by atoms with E-state index in [-0.39, 0.29) is 16.7 Å². The molecule has 1 aromatic carbocycles. The van der Waals surface area contributed by atoms with Gasteiger partial charge in [0.1, 0.15) is 6.20 Å². The minimum Gasteiger partial charge on any atom is -0.396 e. The van der Waals surface area contributed by atoms with E-state index in [4.69, 9.17) is 5.11 Å². The number of hydrogen-bond acceptors (Lipinski definition) is 8. The Bertz CT molecular complexity index is 717. The molecule has 26 heavy (non-hydrogen) atoms. The van der Waals surface area contributed by atoms with Gasteiger partial charge in [0.05, 0.1) is 10.6 Å². The van der Waals surface area contributed by atoms with Crippen LogP contribution in [0.2, 0.25) is 0 Å². The Morgan fingerprint density at radius 1 is 1.19 bits per heavy atom. The van der Waals surface area contributed by atoms with Crippen molar-refractivity contribution in [3.8, 4) is 0 Å². The van der Waals surface area contributed by atoms with Gasteiger partial charge in [-0.2, -0.15) is 0 Å². The number of hydrogen-bond donors (Lipinski definition) is 1. The number of benzene rings is 1. The molecule has 9 heteroatoms. The number of nitro groups is 1. The average Bonchev–Trinajstić information content (AvgIpc) is 3.13. The van der Waals surface area contributed by atoms with E-state index in [0.29, 0.717) is 5.69 Å². The van der Waals surface area contributed by atoms with E-state index >= 15 is 0 Å². The molecule has 140 valence electrons. The third-order valence-corrected chi connectivity index (χ3v) is 4.68. The minimum absolute atomic E-state index is 0.0492. The van der Waals surface area contributed by atoms with Gasteiger partial charge in [-0.3, -0.25) is 10.1 Å². The lowest BCUT2D eigenvalue weighted by Gasteiger charge is -2.23. The summed E-state index contributed by atoms with van der Waals surface area (Å²) < 4.78 is 0. The summed E-state index contributed by atoms with van der Waals surface area (Å²) in [4.78, 5) is 16.3. The van der Waals surface area contributed by atoms with Crippen molar-refractivity contribution in [1.29, 1.82) is 0 Å². The molecule has 0 atom stereocenters. The highest BCUT2D eigenvalue weighted by Gasteiger charge is 2.10. The third-order valence-electron chi connectivity index (χ3n) is 3.84. The first-order chi connectivity index (χ1) is 12.6. The molecule has 2 aromatic rings. The van der Waals surface area contributed by atoms with E-state index in [1.165, 1.54) is 6.20 Å². The van der Waals surface area contributed by atoms with Crippen molar-refractivity contribution in [3.63, 3.8) is 0 Å². The quantitative estimate of drug-likeness (QED) is 0.261. The van der Waals surface area contributed by atoms with Crippen molar-refractivity contribution in [2.75, 3.05) is 24.6 Å². The largest absolute Gasteiger partial charge is 0.396 e. The number of azo groups is 1. The lowest BCUT2D eigenvalue weighted by atomic mass is 10.2. The average molecular weight is 377 g/mol. The van der Waals surface area contributed by atoms with Crippen molar-refractivity contribution in [1.82, 2.24) is 4.98 Å². The molecule has 0 bridgehead atoms. The summed E-state index contributed by atoms with van der Waals surface area (Å²) in [6, 6.07) is 7.73. The maximum absolute atomic E-state index is 10.6. The van der Waals surface area contributed by atoms with E-state index in [1.54, 1.807) is 0 Å². The van der Waals surface area contributed by atoms with E-state index in [1.807, 2.05) is 24.3 Å². The van der Waals surface area contributed by atoms with Crippen molar-refractivity contribution in [2.45, 2.75) is 32.6 Å². The highest BCUT2D eigenvalue weighted by atomic mass is 32.1.